The fourth-order valence-electron chi connectivity index (χ4n) is 3.34. The molecule has 0 spiro atoms. The summed E-state index contributed by atoms with van der Waals surface area (Å²) in [6, 6.07) is 17.2. The molecule has 1 unspecified atom stereocenters. The van der Waals surface area contributed by atoms with Crippen LogP contribution in [0.3, 0.4) is 0 Å². The summed E-state index contributed by atoms with van der Waals surface area (Å²) in [5, 5.41) is 6.82. The van der Waals surface area contributed by atoms with Gasteiger partial charge in [0, 0.05) is 30.4 Å². The van der Waals surface area contributed by atoms with Crippen LogP contribution >= 0.6 is 0 Å². The molecule has 2 heterocycles. The molecule has 4 rings (SSSR count). The van der Waals surface area contributed by atoms with Crippen molar-refractivity contribution in [3.8, 4) is 5.75 Å². The minimum absolute atomic E-state index is 0.427. The Hall–Kier alpha value is -2.49. The van der Waals surface area contributed by atoms with Crippen molar-refractivity contribution in [3.63, 3.8) is 0 Å². The maximum absolute atomic E-state index is 5.40. The van der Waals surface area contributed by atoms with Crippen LogP contribution in [0.2, 0.25) is 0 Å². The molecule has 4 heteroatoms. The van der Waals surface area contributed by atoms with E-state index in [4.69, 9.17) is 9.84 Å². The van der Waals surface area contributed by atoms with Gasteiger partial charge >= 0.3 is 0 Å². The molecular formula is C20H23N3O. The standard InChI is InChI=1S/C20H23N3O/c1-24-18-10-9-17(19(13-18)22-11-5-6-12-22)14-21-23-15-20(23)16-7-3-2-4-8-16/h2-4,7-10,13-14,20H,5-6,11-12,15H2,1H3/b21-14+. The van der Waals surface area contributed by atoms with Crippen molar-refractivity contribution in [1.29, 1.82) is 0 Å². The summed E-state index contributed by atoms with van der Waals surface area (Å²) in [5.41, 5.74) is 3.73. The van der Waals surface area contributed by atoms with Gasteiger partial charge in [0.2, 0.25) is 0 Å². The summed E-state index contributed by atoms with van der Waals surface area (Å²) >= 11 is 0. The molecule has 4 nitrogen and oxygen atoms in total. The van der Waals surface area contributed by atoms with Crippen LogP contribution in [0.25, 0.3) is 0 Å². The predicted molar refractivity (Wildman–Crippen MR) is 97.9 cm³/mol. The number of benzene rings is 2. The summed E-state index contributed by atoms with van der Waals surface area (Å²) in [4.78, 5) is 2.43. The molecule has 2 fully saturated rings. The number of anilines is 1. The van der Waals surface area contributed by atoms with Crippen molar-refractivity contribution in [2.75, 3.05) is 31.6 Å². The van der Waals surface area contributed by atoms with E-state index in [1.165, 1.54) is 24.1 Å². The zero-order chi connectivity index (χ0) is 16.4. The third-order valence-corrected chi connectivity index (χ3v) is 4.80. The van der Waals surface area contributed by atoms with E-state index in [-0.39, 0.29) is 0 Å². The fourth-order valence-corrected chi connectivity index (χ4v) is 3.34. The Bertz CT molecular complexity index is 723. The van der Waals surface area contributed by atoms with Gasteiger partial charge in [-0.25, -0.2) is 0 Å². The third kappa shape index (κ3) is 3.09. The second kappa shape index (κ2) is 6.56. The van der Waals surface area contributed by atoms with Crippen LogP contribution in [0.15, 0.2) is 53.6 Å². The fraction of sp³-hybridized carbons (Fsp3) is 0.350. The Morgan fingerprint density at radius 3 is 2.62 bits per heavy atom. The number of rotatable bonds is 5. The van der Waals surface area contributed by atoms with Crippen molar-refractivity contribution in [2.45, 2.75) is 18.9 Å². The zero-order valence-electron chi connectivity index (χ0n) is 14.1. The molecule has 2 aromatic carbocycles. The maximum atomic E-state index is 5.40. The molecule has 24 heavy (non-hydrogen) atoms. The smallest absolute Gasteiger partial charge is 0.120 e. The van der Waals surface area contributed by atoms with E-state index in [9.17, 15) is 0 Å². The molecule has 0 aliphatic carbocycles. The van der Waals surface area contributed by atoms with E-state index in [2.05, 4.69) is 52.4 Å². The van der Waals surface area contributed by atoms with Gasteiger partial charge in [0.15, 0.2) is 0 Å². The van der Waals surface area contributed by atoms with Crippen molar-refractivity contribution in [2.24, 2.45) is 5.10 Å². The maximum Gasteiger partial charge on any atom is 0.120 e. The van der Waals surface area contributed by atoms with Crippen LogP contribution < -0.4 is 9.64 Å². The van der Waals surface area contributed by atoms with Crippen molar-refractivity contribution >= 4 is 11.9 Å². The van der Waals surface area contributed by atoms with Gasteiger partial charge in [-0.3, -0.25) is 5.01 Å². The SMILES string of the molecule is COc1ccc(/C=N/N2CC2c2ccccc2)c(N2CCCC2)c1. The van der Waals surface area contributed by atoms with Gasteiger partial charge in [-0.15, -0.1) is 0 Å². The highest BCUT2D eigenvalue weighted by atomic mass is 16.5. The molecule has 1 atom stereocenters. The molecule has 0 aromatic heterocycles. The molecule has 0 saturated carbocycles. The number of nitrogens with zero attached hydrogens (tertiary/aromatic N) is 3. The highest BCUT2D eigenvalue weighted by Gasteiger charge is 2.34. The first-order valence-corrected chi connectivity index (χ1v) is 8.64. The van der Waals surface area contributed by atoms with Crippen LogP contribution in [0.1, 0.15) is 30.0 Å². The summed E-state index contributed by atoms with van der Waals surface area (Å²) in [5.74, 6) is 0.906. The molecule has 0 bridgehead atoms. The largest absolute Gasteiger partial charge is 0.497 e. The Labute approximate surface area is 143 Å². The Balaban J connectivity index is 1.52. The van der Waals surface area contributed by atoms with Crippen LogP contribution in [0, 0.1) is 0 Å². The first kappa shape index (κ1) is 15.1. The normalized spacial score (nSPS) is 20.0. The average Bonchev–Trinajstić information content (AvgIpc) is 3.21. The number of methoxy groups -OCH3 is 1. The van der Waals surface area contributed by atoms with E-state index in [0.29, 0.717) is 6.04 Å². The van der Waals surface area contributed by atoms with Gasteiger partial charge in [0.1, 0.15) is 5.75 Å². The summed E-state index contributed by atoms with van der Waals surface area (Å²) < 4.78 is 5.40. The second-order valence-corrected chi connectivity index (χ2v) is 6.41. The minimum Gasteiger partial charge on any atom is -0.497 e. The lowest BCUT2D eigenvalue weighted by atomic mass is 10.1. The number of ether oxygens (including phenoxy) is 1. The highest BCUT2D eigenvalue weighted by Crippen LogP contribution is 2.35. The van der Waals surface area contributed by atoms with Crippen LogP contribution in [0.4, 0.5) is 5.69 Å². The lowest BCUT2D eigenvalue weighted by molar-refractivity contribution is 0.415. The average molecular weight is 321 g/mol. The summed E-state index contributed by atoms with van der Waals surface area (Å²) in [7, 11) is 1.72. The van der Waals surface area contributed by atoms with Gasteiger partial charge in [0.05, 0.1) is 25.9 Å². The number of hydrazone groups is 1. The quantitative estimate of drug-likeness (QED) is 0.621. The molecule has 2 aliphatic heterocycles. The topological polar surface area (TPSA) is 27.8 Å². The zero-order valence-corrected chi connectivity index (χ0v) is 14.1. The Morgan fingerprint density at radius 1 is 1.08 bits per heavy atom. The van der Waals surface area contributed by atoms with E-state index < -0.39 is 0 Å². The van der Waals surface area contributed by atoms with Gasteiger partial charge in [-0.2, -0.15) is 5.10 Å². The van der Waals surface area contributed by atoms with Gasteiger partial charge in [0.25, 0.3) is 0 Å². The number of hydrogen-bond donors (Lipinski definition) is 0. The van der Waals surface area contributed by atoms with Crippen molar-refractivity contribution < 1.29 is 4.74 Å². The Kier molecular flexibility index (Phi) is 4.11. The molecular weight excluding hydrogens is 298 g/mol. The molecule has 0 radical (unpaired) electrons. The first-order chi connectivity index (χ1) is 11.8. The van der Waals surface area contributed by atoms with Gasteiger partial charge < -0.3 is 9.64 Å². The molecule has 0 amide bonds. The van der Waals surface area contributed by atoms with Crippen LogP contribution in [-0.4, -0.2) is 38.0 Å². The van der Waals surface area contributed by atoms with E-state index >= 15 is 0 Å². The van der Waals surface area contributed by atoms with Gasteiger partial charge in [-0.1, -0.05) is 30.3 Å². The monoisotopic (exact) mass is 321 g/mol. The van der Waals surface area contributed by atoms with Crippen molar-refractivity contribution in [1.82, 2.24) is 5.01 Å². The Morgan fingerprint density at radius 2 is 1.88 bits per heavy atom. The highest BCUT2D eigenvalue weighted by molar-refractivity contribution is 5.88. The first-order valence-electron chi connectivity index (χ1n) is 8.64. The van der Waals surface area contributed by atoms with E-state index in [0.717, 1.165) is 30.9 Å². The second-order valence-electron chi connectivity index (χ2n) is 6.41. The van der Waals surface area contributed by atoms with Crippen LogP contribution in [-0.2, 0) is 0 Å². The van der Waals surface area contributed by atoms with Gasteiger partial charge in [-0.05, 0) is 30.5 Å². The third-order valence-electron chi connectivity index (χ3n) is 4.80. The van der Waals surface area contributed by atoms with E-state index in [1.807, 2.05) is 12.3 Å². The van der Waals surface area contributed by atoms with E-state index in [1.54, 1.807) is 7.11 Å². The molecule has 124 valence electrons. The lowest BCUT2D eigenvalue weighted by Gasteiger charge is -2.20. The molecule has 2 aliphatic rings. The molecule has 2 saturated heterocycles. The molecule has 0 N–H and O–H groups in total. The lowest BCUT2D eigenvalue weighted by Crippen LogP contribution is -2.19. The minimum atomic E-state index is 0.427. The van der Waals surface area contributed by atoms with Crippen molar-refractivity contribution in [3.05, 3.63) is 59.7 Å². The summed E-state index contributed by atoms with van der Waals surface area (Å²) in [6.45, 7) is 3.23. The summed E-state index contributed by atoms with van der Waals surface area (Å²) in [6.07, 6.45) is 4.52. The predicted octanol–water partition coefficient (Wildman–Crippen LogP) is 3.69. The van der Waals surface area contributed by atoms with Crippen LogP contribution in [0.5, 0.6) is 5.75 Å². The molecule has 2 aromatic rings. The number of hydrogen-bond acceptors (Lipinski definition) is 4.